The molecule has 0 bridgehead atoms. The predicted octanol–water partition coefficient (Wildman–Crippen LogP) is 13.2. The molecule has 9 aromatic carbocycles. The normalized spacial score (nSPS) is 12.1. The molecule has 0 atom stereocenters. The van der Waals surface area contributed by atoms with Crippen molar-refractivity contribution >= 4 is 54.1 Å². The van der Waals surface area contributed by atoms with E-state index in [0.717, 1.165) is 0 Å². The highest BCUT2D eigenvalue weighted by atomic mass is 15.0. The summed E-state index contributed by atoms with van der Waals surface area (Å²) >= 11 is 0. The van der Waals surface area contributed by atoms with Crippen molar-refractivity contribution in [2.75, 3.05) is 0 Å². The molecule has 0 spiro atoms. The maximum atomic E-state index is 2.48. The van der Waals surface area contributed by atoms with E-state index in [9.17, 15) is 0 Å². The molecule has 1 nitrogen and oxygen atoms in total. The molecule has 226 valence electrons. The van der Waals surface area contributed by atoms with Crippen molar-refractivity contribution in [2.24, 2.45) is 0 Å². The Labute approximate surface area is 283 Å². The van der Waals surface area contributed by atoms with Gasteiger partial charge in [-0.1, -0.05) is 127 Å². The van der Waals surface area contributed by atoms with E-state index in [1.165, 1.54) is 104 Å². The fourth-order valence-electron chi connectivity index (χ4n) is 8.50. The number of aromatic nitrogens is 1. The van der Waals surface area contributed by atoms with Gasteiger partial charge < -0.3 is 4.57 Å². The van der Waals surface area contributed by atoms with E-state index in [0.29, 0.717) is 0 Å². The summed E-state index contributed by atoms with van der Waals surface area (Å²) in [7, 11) is 0. The fourth-order valence-corrected chi connectivity index (χ4v) is 8.50. The van der Waals surface area contributed by atoms with Gasteiger partial charge in [-0.2, -0.15) is 0 Å². The Morgan fingerprint density at radius 2 is 0.714 bits per heavy atom. The zero-order valence-corrected chi connectivity index (χ0v) is 26.7. The van der Waals surface area contributed by atoms with Gasteiger partial charge >= 0.3 is 0 Å². The highest BCUT2D eigenvalue weighted by Crippen LogP contribution is 2.54. The summed E-state index contributed by atoms with van der Waals surface area (Å²) in [6, 6.07) is 65.0. The Morgan fingerprint density at radius 3 is 1.27 bits per heavy atom. The van der Waals surface area contributed by atoms with Crippen LogP contribution in [0.15, 0.2) is 176 Å². The van der Waals surface area contributed by atoms with Gasteiger partial charge in [-0.15, -0.1) is 0 Å². The summed E-state index contributed by atoms with van der Waals surface area (Å²) in [5, 5.41) is 10.2. The van der Waals surface area contributed by atoms with Gasteiger partial charge in [-0.25, -0.2) is 0 Å². The number of hydrogen-bond acceptors (Lipinski definition) is 0. The third kappa shape index (κ3) is 3.76. The standard InChI is InChI=1S/C48H29N/c1-3-13-30(14-4-1)47-37-24-23-34(49-45-21-11-9-19-35(45)36-20-10-12-22-46(36)49)27-42(37)48(31-15-5-2-6-16-31)44-29-41-39-26-33-18-8-7-17-32(33)25-38(39)40(41)28-43(44)47/h1-29H. The first-order valence-corrected chi connectivity index (χ1v) is 17.0. The molecule has 1 aliphatic carbocycles. The molecular weight excluding hydrogens is 591 g/mol. The summed E-state index contributed by atoms with van der Waals surface area (Å²) in [5.74, 6) is 0. The van der Waals surface area contributed by atoms with E-state index in [1.54, 1.807) is 0 Å². The third-order valence-electron chi connectivity index (χ3n) is 10.7. The van der Waals surface area contributed by atoms with Gasteiger partial charge in [-0.3, -0.25) is 0 Å². The Bertz CT molecular complexity index is 2910. The van der Waals surface area contributed by atoms with Crippen molar-refractivity contribution in [3.05, 3.63) is 176 Å². The smallest absolute Gasteiger partial charge is 0.0541 e. The molecule has 1 heteroatoms. The SMILES string of the molecule is c1ccc(-c2c3ccc(-n4c5ccccc5c5ccccc54)cc3c(-c3ccccc3)c3cc4c(cc23)-c2cc3ccccc3cc2-4)cc1. The second-order valence-electron chi connectivity index (χ2n) is 13.3. The largest absolute Gasteiger partial charge is 0.309 e. The lowest BCUT2D eigenvalue weighted by Gasteiger charge is -2.28. The van der Waals surface area contributed by atoms with Crippen LogP contribution in [0.4, 0.5) is 0 Å². The molecule has 1 aliphatic rings. The number of hydrogen-bond donors (Lipinski definition) is 0. The second kappa shape index (κ2) is 10.0. The van der Waals surface area contributed by atoms with Crippen LogP contribution in [0.5, 0.6) is 0 Å². The number of nitrogens with zero attached hydrogens (tertiary/aromatic N) is 1. The van der Waals surface area contributed by atoms with Crippen molar-refractivity contribution in [3.63, 3.8) is 0 Å². The molecule has 0 saturated heterocycles. The molecular formula is C48H29N. The van der Waals surface area contributed by atoms with Crippen LogP contribution in [0.2, 0.25) is 0 Å². The van der Waals surface area contributed by atoms with Crippen molar-refractivity contribution in [2.45, 2.75) is 0 Å². The first-order valence-electron chi connectivity index (χ1n) is 17.0. The van der Waals surface area contributed by atoms with Gasteiger partial charge in [0, 0.05) is 16.5 Å². The molecule has 0 unspecified atom stereocenters. The van der Waals surface area contributed by atoms with Gasteiger partial charge in [0.1, 0.15) is 0 Å². The van der Waals surface area contributed by atoms with Crippen LogP contribution in [0.1, 0.15) is 0 Å². The van der Waals surface area contributed by atoms with Crippen LogP contribution < -0.4 is 0 Å². The molecule has 1 heterocycles. The Hall–Kier alpha value is -6.44. The summed E-state index contributed by atoms with van der Waals surface area (Å²) in [6.45, 7) is 0. The first-order chi connectivity index (χ1) is 24.3. The lowest BCUT2D eigenvalue weighted by molar-refractivity contribution is 1.19. The van der Waals surface area contributed by atoms with Gasteiger partial charge in [0.25, 0.3) is 0 Å². The molecule has 0 amide bonds. The van der Waals surface area contributed by atoms with Crippen LogP contribution >= 0.6 is 0 Å². The molecule has 0 saturated carbocycles. The maximum Gasteiger partial charge on any atom is 0.0541 e. The minimum absolute atomic E-state index is 1.17. The zero-order chi connectivity index (χ0) is 32.1. The van der Waals surface area contributed by atoms with Crippen LogP contribution in [-0.4, -0.2) is 4.57 Å². The average Bonchev–Trinajstić information content (AvgIpc) is 3.50. The third-order valence-corrected chi connectivity index (χ3v) is 10.7. The molecule has 1 aromatic heterocycles. The summed E-state index contributed by atoms with van der Waals surface area (Å²) < 4.78 is 2.43. The summed E-state index contributed by atoms with van der Waals surface area (Å²) in [4.78, 5) is 0. The number of benzene rings is 9. The predicted molar refractivity (Wildman–Crippen MR) is 209 cm³/mol. The molecule has 10 aromatic rings. The van der Waals surface area contributed by atoms with Crippen LogP contribution in [0.25, 0.3) is 104 Å². The van der Waals surface area contributed by atoms with E-state index in [-0.39, 0.29) is 0 Å². The summed E-state index contributed by atoms with van der Waals surface area (Å²) in [5.41, 5.74) is 14.0. The van der Waals surface area contributed by atoms with Gasteiger partial charge in [-0.05, 0) is 125 Å². The van der Waals surface area contributed by atoms with Gasteiger partial charge in [0.15, 0.2) is 0 Å². The lowest BCUT2D eigenvalue weighted by atomic mass is 9.75. The second-order valence-corrected chi connectivity index (χ2v) is 13.3. The average molecular weight is 620 g/mol. The monoisotopic (exact) mass is 619 g/mol. The Morgan fingerprint density at radius 1 is 0.286 bits per heavy atom. The number of para-hydroxylation sites is 2. The highest BCUT2D eigenvalue weighted by Gasteiger charge is 2.27. The van der Waals surface area contributed by atoms with Crippen molar-refractivity contribution in [1.82, 2.24) is 4.57 Å². The van der Waals surface area contributed by atoms with E-state index >= 15 is 0 Å². The molecule has 11 rings (SSSR count). The number of fused-ring (bicyclic) bond motifs is 10. The summed E-state index contributed by atoms with van der Waals surface area (Å²) in [6.07, 6.45) is 0. The first kappa shape index (κ1) is 26.6. The minimum atomic E-state index is 1.17. The minimum Gasteiger partial charge on any atom is -0.309 e. The highest BCUT2D eigenvalue weighted by molar-refractivity contribution is 6.25. The van der Waals surface area contributed by atoms with Crippen molar-refractivity contribution < 1.29 is 0 Å². The lowest BCUT2D eigenvalue weighted by Crippen LogP contribution is -2.01. The van der Waals surface area contributed by atoms with E-state index in [2.05, 4.69) is 180 Å². The van der Waals surface area contributed by atoms with Crippen LogP contribution in [0.3, 0.4) is 0 Å². The Balaban J connectivity index is 1.29. The Kier molecular flexibility index (Phi) is 5.45. The quantitative estimate of drug-likeness (QED) is 0.173. The van der Waals surface area contributed by atoms with Gasteiger partial charge in [0.05, 0.1) is 11.0 Å². The molecule has 0 aliphatic heterocycles. The maximum absolute atomic E-state index is 2.48. The number of rotatable bonds is 3. The van der Waals surface area contributed by atoms with Crippen molar-refractivity contribution in [1.29, 1.82) is 0 Å². The van der Waals surface area contributed by atoms with Crippen molar-refractivity contribution in [3.8, 4) is 50.2 Å². The van der Waals surface area contributed by atoms with E-state index in [4.69, 9.17) is 0 Å². The topological polar surface area (TPSA) is 4.93 Å². The van der Waals surface area contributed by atoms with Gasteiger partial charge in [0.2, 0.25) is 0 Å². The zero-order valence-electron chi connectivity index (χ0n) is 26.7. The van der Waals surface area contributed by atoms with E-state index < -0.39 is 0 Å². The van der Waals surface area contributed by atoms with Crippen LogP contribution in [-0.2, 0) is 0 Å². The fraction of sp³-hybridized carbons (Fsp3) is 0. The van der Waals surface area contributed by atoms with E-state index in [1.807, 2.05) is 0 Å². The van der Waals surface area contributed by atoms with Crippen LogP contribution in [0, 0.1) is 0 Å². The molecule has 0 fully saturated rings. The molecule has 0 N–H and O–H groups in total. The molecule has 49 heavy (non-hydrogen) atoms. The molecule has 0 radical (unpaired) electrons.